The Morgan fingerprint density at radius 3 is 2.48 bits per heavy atom. The van der Waals surface area contributed by atoms with Crippen LogP contribution in [0.1, 0.15) is 30.6 Å². The lowest BCUT2D eigenvalue weighted by molar-refractivity contribution is -0.385. The highest BCUT2D eigenvalue weighted by Gasteiger charge is 2.31. The molecule has 21 heavy (non-hydrogen) atoms. The van der Waals surface area contributed by atoms with Crippen molar-refractivity contribution in [3.63, 3.8) is 0 Å². The van der Waals surface area contributed by atoms with Gasteiger partial charge in [0.25, 0.3) is 11.6 Å². The maximum Gasteiger partial charge on any atom is 0.285 e. The van der Waals surface area contributed by atoms with E-state index in [1.54, 1.807) is 0 Å². The van der Waals surface area contributed by atoms with Gasteiger partial charge in [0, 0.05) is 13.1 Å². The quantitative estimate of drug-likeness (QED) is 0.623. The van der Waals surface area contributed by atoms with Crippen molar-refractivity contribution < 1.29 is 18.5 Å². The number of nitro benzene ring substituents is 1. The highest BCUT2D eigenvalue weighted by molar-refractivity contribution is 5.98. The fourth-order valence-electron chi connectivity index (χ4n) is 2.48. The smallest absolute Gasteiger partial charge is 0.285 e. The number of benzene rings is 1. The molecule has 2 atom stereocenters. The van der Waals surface area contributed by atoms with Gasteiger partial charge in [-0.1, -0.05) is 13.8 Å². The lowest BCUT2D eigenvalue weighted by Gasteiger charge is -2.35. The number of carbonyl (C=O) groups excluding carboxylic acids is 1. The van der Waals surface area contributed by atoms with Crippen molar-refractivity contribution in [1.29, 1.82) is 0 Å². The Morgan fingerprint density at radius 2 is 1.90 bits per heavy atom. The number of likely N-dealkylation sites (tertiary alicyclic amines) is 1. The van der Waals surface area contributed by atoms with Gasteiger partial charge in [-0.25, -0.2) is 8.78 Å². The number of hydrogen-bond acceptors (Lipinski definition) is 3. The first-order valence-electron chi connectivity index (χ1n) is 6.74. The molecule has 2 rings (SSSR count). The first kappa shape index (κ1) is 15.3. The van der Waals surface area contributed by atoms with Crippen LogP contribution in [0.15, 0.2) is 12.1 Å². The molecule has 0 bridgehead atoms. The Bertz CT molecular complexity index is 592. The molecule has 1 saturated heterocycles. The second kappa shape index (κ2) is 5.75. The number of rotatable bonds is 2. The van der Waals surface area contributed by atoms with Gasteiger partial charge >= 0.3 is 0 Å². The molecule has 2 unspecified atom stereocenters. The van der Waals surface area contributed by atoms with Crippen molar-refractivity contribution in [3.8, 4) is 0 Å². The molecule has 0 saturated carbocycles. The molecule has 1 fully saturated rings. The molecule has 5 nitrogen and oxygen atoms in total. The molecular formula is C14H16F2N2O3. The number of amides is 1. The lowest BCUT2D eigenvalue weighted by atomic mass is 9.88. The summed E-state index contributed by atoms with van der Waals surface area (Å²) in [5.41, 5.74) is -1.11. The zero-order chi connectivity index (χ0) is 15.7. The second-order valence-corrected chi connectivity index (χ2v) is 5.53. The molecule has 1 amide bonds. The van der Waals surface area contributed by atoms with Crippen LogP contribution in [0.2, 0.25) is 0 Å². The predicted molar refractivity (Wildman–Crippen MR) is 71.9 cm³/mol. The van der Waals surface area contributed by atoms with E-state index in [2.05, 4.69) is 6.92 Å². The summed E-state index contributed by atoms with van der Waals surface area (Å²) in [6.07, 6.45) is 0.782. The number of carbonyl (C=O) groups is 1. The summed E-state index contributed by atoms with van der Waals surface area (Å²) in [6.45, 7) is 4.98. The van der Waals surface area contributed by atoms with Crippen LogP contribution in [0, 0.1) is 33.6 Å². The van der Waals surface area contributed by atoms with E-state index in [1.165, 1.54) is 4.90 Å². The minimum Gasteiger partial charge on any atom is -0.338 e. The molecule has 1 heterocycles. The van der Waals surface area contributed by atoms with E-state index in [0.717, 1.165) is 6.42 Å². The van der Waals surface area contributed by atoms with Gasteiger partial charge in [-0.15, -0.1) is 0 Å². The first-order valence-corrected chi connectivity index (χ1v) is 6.74. The van der Waals surface area contributed by atoms with Crippen LogP contribution in [0.25, 0.3) is 0 Å². The molecule has 0 aliphatic carbocycles. The third-order valence-electron chi connectivity index (χ3n) is 4.09. The number of hydrogen-bond donors (Lipinski definition) is 0. The average Bonchev–Trinajstić information content (AvgIpc) is 2.43. The number of nitrogens with zero attached hydrogens (tertiary/aromatic N) is 2. The van der Waals surface area contributed by atoms with Crippen molar-refractivity contribution in [2.24, 2.45) is 11.8 Å². The van der Waals surface area contributed by atoms with Crippen LogP contribution in [0.3, 0.4) is 0 Å². The van der Waals surface area contributed by atoms with E-state index in [0.29, 0.717) is 31.1 Å². The van der Waals surface area contributed by atoms with Crippen LogP contribution in [-0.2, 0) is 0 Å². The second-order valence-electron chi connectivity index (χ2n) is 5.53. The molecule has 0 N–H and O–H groups in total. The maximum absolute atomic E-state index is 13.3. The topological polar surface area (TPSA) is 63.5 Å². The number of nitro groups is 1. The normalized spacial score (nSPS) is 22.2. The fourth-order valence-corrected chi connectivity index (χ4v) is 2.48. The maximum atomic E-state index is 13.3. The van der Waals surface area contributed by atoms with Crippen molar-refractivity contribution >= 4 is 11.6 Å². The van der Waals surface area contributed by atoms with Gasteiger partial charge in [-0.3, -0.25) is 14.9 Å². The minimum absolute atomic E-state index is 0.257. The van der Waals surface area contributed by atoms with E-state index in [4.69, 9.17) is 0 Å². The largest absolute Gasteiger partial charge is 0.338 e. The van der Waals surface area contributed by atoms with Gasteiger partial charge in [-0.2, -0.15) is 0 Å². The summed E-state index contributed by atoms with van der Waals surface area (Å²) in [4.78, 5) is 23.9. The zero-order valence-electron chi connectivity index (χ0n) is 11.8. The Morgan fingerprint density at radius 1 is 1.29 bits per heavy atom. The van der Waals surface area contributed by atoms with Gasteiger partial charge in [0.05, 0.1) is 11.0 Å². The monoisotopic (exact) mass is 298 g/mol. The highest BCUT2D eigenvalue weighted by Crippen LogP contribution is 2.27. The van der Waals surface area contributed by atoms with Crippen molar-refractivity contribution in [1.82, 2.24) is 4.90 Å². The summed E-state index contributed by atoms with van der Waals surface area (Å²) in [7, 11) is 0. The third kappa shape index (κ3) is 3.01. The summed E-state index contributed by atoms with van der Waals surface area (Å²) in [6, 6.07) is 1.07. The highest BCUT2D eigenvalue weighted by atomic mass is 19.2. The predicted octanol–water partition coefficient (Wildman–Crippen LogP) is 2.99. The molecule has 1 aliphatic rings. The zero-order valence-corrected chi connectivity index (χ0v) is 11.8. The molecule has 0 aromatic heterocycles. The molecular weight excluding hydrogens is 282 g/mol. The molecule has 7 heteroatoms. The van der Waals surface area contributed by atoms with Crippen LogP contribution in [0.5, 0.6) is 0 Å². The summed E-state index contributed by atoms with van der Waals surface area (Å²) >= 11 is 0. The molecule has 114 valence electrons. The summed E-state index contributed by atoms with van der Waals surface area (Å²) < 4.78 is 26.5. The molecule has 1 aromatic rings. The van der Waals surface area contributed by atoms with Crippen LogP contribution >= 0.6 is 0 Å². The molecule has 1 aliphatic heterocycles. The average molecular weight is 298 g/mol. The van der Waals surface area contributed by atoms with Crippen molar-refractivity contribution in [2.75, 3.05) is 13.1 Å². The Kier molecular flexibility index (Phi) is 4.20. The summed E-state index contributed by atoms with van der Waals surface area (Å²) in [5, 5.41) is 10.9. The van der Waals surface area contributed by atoms with Gasteiger partial charge in [0.15, 0.2) is 11.6 Å². The molecule has 1 aromatic carbocycles. The fraction of sp³-hybridized carbons (Fsp3) is 0.500. The van der Waals surface area contributed by atoms with Crippen LogP contribution < -0.4 is 0 Å². The number of halogens is 2. The Balaban J connectivity index is 2.35. The van der Waals surface area contributed by atoms with Crippen molar-refractivity contribution in [3.05, 3.63) is 39.4 Å². The molecule has 0 radical (unpaired) electrons. The standard InChI is InChI=1S/C14H16F2N2O3/c1-8-3-4-17(7-9(8)2)14(19)10-5-11(15)12(16)6-13(10)18(20)21/h5-6,8-9H,3-4,7H2,1-2H3. The third-order valence-corrected chi connectivity index (χ3v) is 4.09. The van der Waals surface area contributed by atoms with Crippen LogP contribution in [0.4, 0.5) is 14.5 Å². The number of piperidine rings is 1. The van der Waals surface area contributed by atoms with Crippen molar-refractivity contribution in [2.45, 2.75) is 20.3 Å². The van der Waals surface area contributed by atoms with E-state index in [9.17, 15) is 23.7 Å². The van der Waals surface area contributed by atoms with Gasteiger partial charge in [0.1, 0.15) is 5.56 Å². The van der Waals surface area contributed by atoms with E-state index < -0.39 is 33.7 Å². The minimum atomic E-state index is -1.33. The van der Waals surface area contributed by atoms with E-state index >= 15 is 0 Å². The van der Waals surface area contributed by atoms with Gasteiger partial charge < -0.3 is 4.90 Å². The summed E-state index contributed by atoms with van der Waals surface area (Å²) in [5.74, 6) is -2.51. The first-order chi connectivity index (χ1) is 9.81. The SMILES string of the molecule is CC1CCN(C(=O)c2cc(F)c(F)cc2[N+](=O)[O-])CC1C. The molecule has 0 spiro atoms. The Hall–Kier alpha value is -2.05. The van der Waals surface area contributed by atoms with Gasteiger partial charge in [-0.05, 0) is 24.3 Å². The van der Waals surface area contributed by atoms with E-state index in [1.807, 2.05) is 6.92 Å². The lowest BCUT2D eigenvalue weighted by Crippen LogP contribution is -2.42. The van der Waals surface area contributed by atoms with Gasteiger partial charge in [0.2, 0.25) is 0 Å². The van der Waals surface area contributed by atoms with Crippen LogP contribution in [-0.4, -0.2) is 28.8 Å². The van der Waals surface area contributed by atoms with E-state index in [-0.39, 0.29) is 5.92 Å². The Labute approximate surface area is 120 Å².